The van der Waals surface area contributed by atoms with Crippen molar-refractivity contribution in [2.75, 3.05) is 0 Å². The molecule has 1 aromatic carbocycles. The Hall–Kier alpha value is -1.31. The molecule has 0 fully saturated rings. The van der Waals surface area contributed by atoms with E-state index in [0.717, 1.165) is 19.3 Å². The Bertz CT molecular complexity index is 282. The second kappa shape index (κ2) is 7.04. The summed E-state index contributed by atoms with van der Waals surface area (Å²) in [6, 6.07) is 10.1. The summed E-state index contributed by atoms with van der Waals surface area (Å²) in [6.07, 6.45) is 3.44. The van der Waals surface area contributed by atoms with Crippen molar-refractivity contribution in [3.8, 4) is 0 Å². The number of benzene rings is 1. The van der Waals surface area contributed by atoms with Crippen LogP contribution in [0.25, 0.3) is 0 Å². The third kappa shape index (κ3) is 5.21. The molecule has 1 radical (unpaired) electrons. The smallest absolute Gasteiger partial charge is 0.220 e. The zero-order valence-corrected chi connectivity index (χ0v) is 9.20. The van der Waals surface area contributed by atoms with Crippen molar-refractivity contribution in [3.05, 3.63) is 42.4 Å². The predicted octanol–water partition coefficient (Wildman–Crippen LogP) is 2.70. The second-order valence-corrected chi connectivity index (χ2v) is 3.56. The van der Waals surface area contributed by atoms with Crippen LogP contribution in [0.3, 0.4) is 0 Å². The van der Waals surface area contributed by atoms with Crippen LogP contribution in [0.15, 0.2) is 30.3 Å². The summed E-state index contributed by atoms with van der Waals surface area (Å²) in [6.45, 7) is 3.91. The number of amides is 1. The van der Waals surface area contributed by atoms with E-state index in [4.69, 9.17) is 0 Å². The fraction of sp³-hybridized carbons (Fsp3) is 0.385. The highest BCUT2D eigenvalue weighted by atomic mass is 16.1. The van der Waals surface area contributed by atoms with Gasteiger partial charge in [-0.2, -0.15) is 0 Å². The average Bonchev–Trinajstić information content (AvgIpc) is 2.28. The standard InChI is InChI=1S/C13H18NO/c1-2-3-9-13(15)14-11-10-12-7-5-4-6-8-12/h4-8,11H,2-3,9-10H2,1H3,(H,14,15). The van der Waals surface area contributed by atoms with Crippen LogP contribution in [-0.4, -0.2) is 5.91 Å². The first-order valence-corrected chi connectivity index (χ1v) is 5.48. The van der Waals surface area contributed by atoms with E-state index in [9.17, 15) is 4.79 Å². The van der Waals surface area contributed by atoms with Crippen molar-refractivity contribution in [1.29, 1.82) is 0 Å². The number of hydrogen-bond acceptors (Lipinski definition) is 1. The van der Waals surface area contributed by atoms with Gasteiger partial charge in [-0.15, -0.1) is 0 Å². The molecule has 1 aromatic rings. The number of carbonyl (C=O) groups excluding carboxylic acids is 1. The minimum absolute atomic E-state index is 0.118. The largest absolute Gasteiger partial charge is 0.351 e. The highest BCUT2D eigenvalue weighted by Gasteiger charge is 1.99. The van der Waals surface area contributed by atoms with Gasteiger partial charge in [0.05, 0.1) is 6.54 Å². The van der Waals surface area contributed by atoms with E-state index in [2.05, 4.69) is 24.4 Å². The molecule has 0 aliphatic rings. The van der Waals surface area contributed by atoms with Gasteiger partial charge >= 0.3 is 0 Å². The summed E-state index contributed by atoms with van der Waals surface area (Å²) < 4.78 is 0. The molecule has 0 unspecified atom stereocenters. The van der Waals surface area contributed by atoms with Crippen molar-refractivity contribution in [2.24, 2.45) is 0 Å². The monoisotopic (exact) mass is 204 g/mol. The minimum Gasteiger partial charge on any atom is -0.351 e. The maximum atomic E-state index is 11.2. The van der Waals surface area contributed by atoms with Crippen LogP contribution < -0.4 is 5.32 Å². The molecule has 1 rings (SSSR count). The van der Waals surface area contributed by atoms with E-state index in [0.29, 0.717) is 6.42 Å². The molecule has 0 aliphatic carbocycles. The van der Waals surface area contributed by atoms with E-state index in [1.54, 1.807) is 0 Å². The molecule has 2 nitrogen and oxygen atoms in total. The lowest BCUT2D eigenvalue weighted by atomic mass is 10.1. The maximum absolute atomic E-state index is 11.2. The molecule has 15 heavy (non-hydrogen) atoms. The number of unbranched alkanes of at least 4 members (excludes halogenated alkanes) is 1. The van der Waals surface area contributed by atoms with E-state index in [-0.39, 0.29) is 5.91 Å². The quantitative estimate of drug-likeness (QED) is 0.758. The summed E-state index contributed by atoms with van der Waals surface area (Å²) in [7, 11) is 0. The molecule has 0 heterocycles. The molecule has 0 bridgehead atoms. The Balaban J connectivity index is 2.14. The zero-order valence-electron chi connectivity index (χ0n) is 9.20. The van der Waals surface area contributed by atoms with Gasteiger partial charge in [-0.1, -0.05) is 43.7 Å². The molecule has 2 heteroatoms. The predicted molar refractivity (Wildman–Crippen MR) is 62.1 cm³/mol. The minimum atomic E-state index is 0.118. The molecule has 0 saturated heterocycles. The van der Waals surface area contributed by atoms with E-state index < -0.39 is 0 Å². The molecule has 1 amide bonds. The third-order valence-corrected chi connectivity index (χ3v) is 2.20. The van der Waals surface area contributed by atoms with Gasteiger partial charge in [0.15, 0.2) is 0 Å². The van der Waals surface area contributed by atoms with Gasteiger partial charge in [-0.3, -0.25) is 4.79 Å². The van der Waals surface area contributed by atoms with Crippen LogP contribution >= 0.6 is 0 Å². The average molecular weight is 204 g/mol. The van der Waals surface area contributed by atoms with Crippen LogP contribution in [0.2, 0.25) is 0 Å². The number of rotatable bonds is 6. The van der Waals surface area contributed by atoms with Gasteiger partial charge in [0.1, 0.15) is 0 Å². The Morgan fingerprint density at radius 2 is 2.07 bits per heavy atom. The van der Waals surface area contributed by atoms with E-state index >= 15 is 0 Å². The van der Waals surface area contributed by atoms with Gasteiger partial charge < -0.3 is 5.32 Å². The molecule has 0 aromatic heterocycles. The summed E-state index contributed by atoms with van der Waals surface area (Å²) in [4.78, 5) is 11.2. The van der Waals surface area contributed by atoms with Crippen LogP contribution in [-0.2, 0) is 11.2 Å². The first-order chi connectivity index (χ1) is 7.33. The molecule has 81 valence electrons. The van der Waals surface area contributed by atoms with Gasteiger partial charge in [0.25, 0.3) is 0 Å². The first kappa shape index (κ1) is 11.8. The van der Waals surface area contributed by atoms with Crippen LogP contribution in [0.4, 0.5) is 0 Å². The van der Waals surface area contributed by atoms with Gasteiger partial charge in [-0.05, 0) is 18.4 Å². The van der Waals surface area contributed by atoms with Crippen LogP contribution in [0.5, 0.6) is 0 Å². The highest BCUT2D eigenvalue weighted by Crippen LogP contribution is 2.00. The van der Waals surface area contributed by atoms with E-state index in [1.807, 2.05) is 24.7 Å². The lowest BCUT2D eigenvalue weighted by Gasteiger charge is -2.03. The normalized spacial score (nSPS) is 9.93. The van der Waals surface area contributed by atoms with Crippen molar-refractivity contribution >= 4 is 5.91 Å². The molecule has 1 N–H and O–H groups in total. The van der Waals surface area contributed by atoms with Crippen molar-refractivity contribution in [2.45, 2.75) is 32.6 Å². The topological polar surface area (TPSA) is 29.1 Å². The fourth-order valence-corrected chi connectivity index (χ4v) is 1.31. The molecule has 0 aliphatic heterocycles. The van der Waals surface area contributed by atoms with Gasteiger partial charge in [-0.25, -0.2) is 0 Å². The lowest BCUT2D eigenvalue weighted by Crippen LogP contribution is -2.20. The molecular weight excluding hydrogens is 186 g/mol. The SMILES string of the molecule is CCCCC(=O)N[CH]Cc1ccccc1. The van der Waals surface area contributed by atoms with Crippen LogP contribution in [0.1, 0.15) is 31.7 Å². The fourth-order valence-electron chi connectivity index (χ4n) is 1.31. The van der Waals surface area contributed by atoms with Crippen molar-refractivity contribution < 1.29 is 4.79 Å². The molecule has 0 saturated carbocycles. The number of nitrogens with one attached hydrogen (secondary N) is 1. The third-order valence-electron chi connectivity index (χ3n) is 2.20. The summed E-state index contributed by atoms with van der Waals surface area (Å²) in [5.41, 5.74) is 1.22. The lowest BCUT2D eigenvalue weighted by molar-refractivity contribution is -0.120. The second-order valence-electron chi connectivity index (χ2n) is 3.56. The van der Waals surface area contributed by atoms with Gasteiger partial charge in [0.2, 0.25) is 5.91 Å². The zero-order chi connectivity index (χ0) is 10.9. The summed E-state index contributed by atoms with van der Waals surface area (Å²) in [5, 5.41) is 2.80. The number of hydrogen-bond donors (Lipinski definition) is 1. The van der Waals surface area contributed by atoms with Gasteiger partial charge in [0, 0.05) is 6.42 Å². The summed E-state index contributed by atoms with van der Waals surface area (Å²) in [5.74, 6) is 0.118. The Morgan fingerprint density at radius 1 is 1.33 bits per heavy atom. The molecule has 0 spiro atoms. The summed E-state index contributed by atoms with van der Waals surface area (Å²) >= 11 is 0. The Morgan fingerprint density at radius 3 is 2.73 bits per heavy atom. The highest BCUT2D eigenvalue weighted by molar-refractivity contribution is 5.76. The molecule has 0 atom stereocenters. The van der Waals surface area contributed by atoms with E-state index in [1.165, 1.54) is 5.56 Å². The Kier molecular flexibility index (Phi) is 5.52. The van der Waals surface area contributed by atoms with Crippen LogP contribution in [0, 0.1) is 6.54 Å². The molecular formula is C13H18NO. The Labute approximate surface area is 91.7 Å². The first-order valence-electron chi connectivity index (χ1n) is 5.48. The van der Waals surface area contributed by atoms with Crippen molar-refractivity contribution in [3.63, 3.8) is 0 Å². The number of carbonyl (C=O) groups is 1. The maximum Gasteiger partial charge on any atom is 0.220 e. The van der Waals surface area contributed by atoms with Crippen molar-refractivity contribution in [1.82, 2.24) is 5.32 Å².